The minimum atomic E-state index is 0. The van der Waals surface area contributed by atoms with Gasteiger partial charge in [0.15, 0.2) is 0 Å². The zero-order chi connectivity index (χ0) is 0. The van der Waals surface area contributed by atoms with Crippen molar-refractivity contribution >= 4 is 101 Å². The van der Waals surface area contributed by atoms with E-state index in [1.165, 1.54) is 0 Å². The Morgan fingerprint density at radius 1 is 0.667 bits per heavy atom. The summed E-state index contributed by atoms with van der Waals surface area (Å²) in [5.74, 6) is 0. The molecule has 6 heavy (non-hydrogen) atoms. The molecule has 33 valence electrons. The first-order valence-corrected chi connectivity index (χ1v) is 0. The summed E-state index contributed by atoms with van der Waals surface area (Å²) >= 11 is 0. The maximum absolute atomic E-state index is 0. The normalized spacial score (nSPS) is 0. The zero-order valence-electron chi connectivity index (χ0n) is 2.30. The summed E-state index contributed by atoms with van der Waals surface area (Å²) in [5, 5.41) is 0. The monoisotopic (exact) mass is 685 g/mol. The van der Waals surface area contributed by atoms with Crippen LogP contribution in [0.25, 0.3) is 0 Å². The summed E-state index contributed by atoms with van der Waals surface area (Å²) in [6.45, 7) is 0. The molecule has 0 aliphatic rings. The number of halogens is 3. The Bertz CT molecular complexity index is 10.8. The first-order chi connectivity index (χ1) is 0. The van der Waals surface area contributed by atoms with Gasteiger partial charge in [-0.1, -0.05) is 0 Å². The van der Waals surface area contributed by atoms with Crippen molar-refractivity contribution in [3.63, 3.8) is 0 Å². The van der Waals surface area contributed by atoms with Crippen LogP contribution >= 0.6 is 71.9 Å². The Labute approximate surface area is 162 Å². The number of rotatable bonds is 0. The van der Waals surface area contributed by atoms with Gasteiger partial charge in [-0.2, -0.15) is 0 Å². The molecular formula is H4I3NaScTh. The van der Waals surface area contributed by atoms with E-state index in [2.05, 4.69) is 0 Å². The maximum Gasteiger partial charge on any atom is 0 e. The second-order valence-electron chi connectivity index (χ2n) is 0. The van der Waals surface area contributed by atoms with Crippen molar-refractivity contribution in [1.29, 1.82) is 0 Å². The molecule has 0 atom stereocenters. The van der Waals surface area contributed by atoms with Gasteiger partial charge in [-0.3, -0.25) is 0 Å². The Balaban J connectivity index is 0. The summed E-state index contributed by atoms with van der Waals surface area (Å²) in [6.07, 6.45) is 0. The zero-order valence-corrected chi connectivity index (χ0v) is 15.2. The fourth-order valence-corrected chi connectivity index (χ4v) is 0. The molecule has 0 aromatic heterocycles. The second-order valence-corrected chi connectivity index (χ2v) is 0. The van der Waals surface area contributed by atoms with Gasteiger partial charge in [0.2, 0.25) is 0 Å². The van der Waals surface area contributed by atoms with E-state index in [4.69, 9.17) is 0 Å². The SMILES string of the molecule is I.I.I.[NaH].[Sc].[Th]. The number of hydrogen-bond acceptors (Lipinski definition) is 0. The van der Waals surface area contributed by atoms with E-state index in [-0.39, 0.29) is 167 Å². The minimum Gasteiger partial charge on any atom is 0 e. The van der Waals surface area contributed by atoms with Crippen LogP contribution < -0.4 is 0 Å². The molecule has 0 aromatic rings. The predicted molar refractivity (Wildman–Crippen MR) is 53.4 cm³/mol. The van der Waals surface area contributed by atoms with Crippen molar-refractivity contribution in [3.05, 3.63) is 0 Å². The maximum atomic E-state index is 0. The Hall–Kier alpha value is 5.38. The van der Waals surface area contributed by atoms with Crippen molar-refractivity contribution < 1.29 is 65.8 Å². The fourth-order valence-electron chi connectivity index (χ4n) is 0. The average Bonchev–Trinajstić information content (AvgIpc) is 0. The third kappa shape index (κ3) is 22.8. The van der Waals surface area contributed by atoms with Gasteiger partial charge in [0.05, 0.1) is 0 Å². The van der Waals surface area contributed by atoms with Crippen LogP contribution in [0.5, 0.6) is 0 Å². The van der Waals surface area contributed by atoms with Crippen LogP contribution in [0.4, 0.5) is 0 Å². The van der Waals surface area contributed by atoms with Gasteiger partial charge in [0.1, 0.15) is 0 Å². The molecule has 6 heteroatoms. The third-order valence-electron chi connectivity index (χ3n) is 0. The summed E-state index contributed by atoms with van der Waals surface area (Å²) in [7, 11) is 0. The molecule has 0 aliphatic heterocycles. The van der Waals surface area contributed by atoms with Crippen LogP contribution in [0, 0.1) is 39.9 Å². The van der Waals surface area contributed by atoms with Crippen LogP contribution in [0.1, 0.15) is 0 Å². The van der Waals surface area contributed by atoms with Crippen molar-refractivity contribution in [2.75, 3.05) is 0 Å². The van der Waals surface area contributed by atoms with E-state index >= 15 is 0 Å². The molecule has 0 N–H and O–H groups in total. The van der Waals surface area contributed by atoms with Gasteiger partial charge in [-0.05, 0) is 0 Å². The van der Waals surface area contributed by atoms with Gasteiger partial charge in [-0.15, -0.1) is 71.9 Å². The Kier molecular flexibility index (Phi) is 223. The fraction of sp³-hybridized carbons (Fsp3) is 0. The van der Waals surface area contributed by atoms with Crippen LogP contribution in [0.2, 0.25) is 0 Å². The molecule has 0 spiro atoms. The standard InChI is InChI=1S/3HI.Na.Sc.Th.H/h3*1H;;;;. The van der Waals surface area contributed by atoms with Gasteiger partial charge in [0, 0.05) is 65.8 Å². The quantitative estimate of drug-likeness (QED) is 0.266. The summed E-state index contributed by atoms with van der Waals surface area (Å²) in [4.78, 5) is 0. The Morgan fingerprint density at radius 3 is 0.667 bits per heavy atom. The van der Waals surface area contributed by atoms with Crippen LogP contribution in [-0.2, 0) is 25.8 Å². The van der Waals surface area contributed by atoms with Crippen molar-refractivity contribution in [2.24, 2.45) is 0 Å². The van der Waals surface area contributed by atoms with Gasteiger partial charge >= 0.3 is 29.6 Å². The second kappa shape index (κ2) is 31.5. The topological polar surface area (TPSA) is 0 Å². The van der Waals surface area contributed by atoms with E-state index < -0.39 is 0 Å². The molecule has 0 unspecified atom stereocenters. The first kappa shape index (κ1) is 42.3. The molecule has 0 aromatic carbocycles. The molecule has 0 fully saturated rings. The van der Waals surface area contributed by atoms with E-state index in [0.717, 1.165) is 0 Å². The van der Waals surface area contributed by atoms with E-state index in [1.54, 1.807) is 0 Å². The largest absolute Gasteiger partial charge is 0 e. The molecule has 0 heterocycles. The first-order valence-electron chi connectivity index (χ1n) is 0. The van der Waals surface area contributed by atoms with Crippen molar-refractivity contribution in [3.8, 4) is 0 Å². The molecule has 0 rings (SSSR count). The van der Waals surface area contributed by atoms with Crippen LogP contribution in [0.3, 0.4) is 0 Å². The molecule has 0 amide bonds. The molecule has 1 radical (unpaired) electrons. The van der Waals surface area contributed by atoms with Gasteiger partial charge in [0.25, 0.3) is 0 Å². The van der Waals surface area contributed by atoms with Crippen molar-refractivity contribution in [1.82, 2.24) is 0 Å². The molecule has 0 aliphatic carbocycles. The predicted octanol–water partition coefficient (Wildman–Crippen LogP) is 1.20. The van der Waals surface area contributed by atoms with E-state index in [9.17, 15) is 0 Å². The molecule has 0 saturated heterocycles. The molecular weight excluding hydrogens is 681 g/mol. The van der Waals surface area contributed by atoms with Crippen molar-refractivity contribution in [2.45, 2.75) is 0 Å². The summed E-state index contributed by atoms with van der Waals surface area (Å²) < 4.78 is 0. The average molecular weight is 685 g/mol. The number of hydrogen-bond donors (Lipinski definition) is 0. The van der Waals surface area contributed by atoms with Crippen LogP contribution in [0.15, 0.2) is 0 Å². The molecule has 0 saturated carbocycles. The van der Waals surface area contributed by atoms with E-state index in [1.807, 2.05) is 0 Å². The smallest absolute Gasteiger partial charge is 0 e. The third-order valence-corrected chi connectivity index (χ3v) is 0. The molecule has 0 nitrogen and oxygen atoms in total. The summed E-state index contributed by atoms with van der Waals surface area (Å²) in [5.41, 5.74) is 0. The minimum absolute atomic E-state index is 0. The van der Waals surface area contributed by atoms with Gasteiger partial charge in [-0.25, -0.2) is 0 Å². The summed E-state index contributed by atoms with van der Waals surface area (Å²) in [6, 6.07) is 0. The van der Waals surface area contributed by atoms with Gasteiger partial charge < -0.3 is 0 Å². The molecule has 0 bridgehead atoms. The van der Waals surface area contributed by atoms with Crippen LogP contribution in [-0.4, -0.2) is 29.6 Å². The Morgan fingerprint density at radius 2 is 0.667 bits per heavy atom. The van der Waals surface area contributed by atoms with E-state index in [0.29, 0.717) is 0 Å².